The molecule has 4 rings (SSSR count). The van der Waals surface area contributed by atoms with E-state index in [1.807, 2.05) is 45.0 Å². The van der Waals surface area contributed by atoms with Gasteiger partial charge >= 0.3 is 6.09 Å². The van der Waals surface area contributed by atoms with Crippen molar-refractivity contribution in [3.05, 3.63) is 77.3 Å². The van der Waals surface area contributed by atoms with E-state index in [9.17, 15) is 4.79 Å². The van der Waals surface area contributed by atoms with Crippen molar-refractivity contribution in [3.8, 4) is 17.2 Å². The molecular weight excluding hydrogens is 478 g/mol. The molecule has 1 aromatic heterocycles. The topological polar surface area (TPSA) is 82.6 Å². The third kappa shape index (κ3) is 6.66. The molecule has 7 nitrogen and oxygen atoms in total. The summed E-state index contributed by atoms with van der Waals surface area (Å²) in [6.07, 6.45) is 4.32. The Balaban J connectivity index is 1.30. The van der Waals surface area contributed by atoms with Crippen LogP contribution < -0.4 is 14.8 Å². The predicted octanol–water partition coefficient (Wildman–Crippen LogP) is 6.68. The molecule has 0 aliphatic heterocycles. The van der Waals surface area contributed by atoms with Crippen molar-refractivity contribution in [2.45, 2.75) is 70.6 Å². The summed E-state index contributed by atoms with van der Waals surface area (Å²) < 4.78 is 17.2. The number of hydrogen-bond acceptors (Lipinski definition) is 6. The van der Waals surface area contributed by atoms with Crippen LogP contribution in [0.5, 0.6) is 17.2 Å². The van der Waals surface area contributed by atoms with Gasteiger partial charge in [-0.1, -0.05) is 38.1 Å². The number of rotatable bonds is 7. The van der Waals surface area contributed by atoms with Crippen molar-refractivity contribution >= 4 is 17.7 Å². The van der Waals surface area contributed by atoms with Gasteiger partial charge < -0.3 is 19.5 Å². The fourth-order valence-electron chi connectivity index (χ4n) is 3.99. The number of hydrogen-bond donors (Lipinski definition) is 1. The molecule has 1 aliphatic carbocycles. The summed E-state index contributed by atoms with van der Waals surface area (Å²) in [6.45, 7) is 9.93. The third-order valence-corrected chi connectivity index (χ3v) is 6.30. The highest BCUT2D eigenvalue weighted by atomic mass is 35.5. The molecule has 1 saturated carbocycles. The minimum absolute atomic E-state index is 0.0854. The van der Waals surface area contributed by atoms with Crippen molar-refractivity contribution in [1.29, 1.82) is 0 Å². The van der Waals surface area contributed by atoms with Gasteiger partial charge in [-0.3, -0.25) is 0 Å². The Morgan fingerprint density at radius 3 is 1.92 bits per heavy atom. The zero-order valence-corrected chi connectivity index (χ0v) is 22.0. The summed E-state index contributed by atoms with van der Waals surface area (Å²) in [6, 6.07) is 16.3. The molecular formula is C28H32ClN3O4. The second-order valence-corrected chi connectivity index (χ2v) is 10.9. The van der Waals surface area contributed by atoms with Gasteiger partial charge in [0.25, 0.3) is 0 Å². The number of amides is 1. The lowest BCUT2D eigenvalue weighted by Crippen LogP contribution is -2.50. The lowest BCUT2D eigenvalue weighted by molar-refractivity contribution is 0.0363. The molecule has 0 unspecified atom stereocenters. The first kappa shape index (κ1) is 25.8. The average molecular weight is 510 g/mol. The van der Waals surface area contributed by atoms with E-state index in [2.05, 4.69) is 53.4 Å². The second kappa shape index (κ2) is 10.3. The maximum Gasteiger partial charge on any atom is 0.407 e. The number of carbonyl (C=O) groups is 1. The van der Waals surface area contributed by atoms with Gasteiger partial charge in [0, 0.05) is 24.3 Å². The average Bonchev–Trinajstić information content (AvgIpc) is 2.79. The summed E-state index contributed by atoms with van der Waals surface area (Å²) in [5, 5.41) is 3.08. The van der Waals surface area contributed by atoms with E-state index >= 15 is 0 Å². The number of benzene rings is 2. The number of alkyl carbamates (subject to hydrolysis) is 1. The molecule has 3 aromatic rings. The van der Waals surface area contributed by atoms with Gasteiger partial charge in [-0.25, -0.2) is 14.8 Å². The SMILES string of the molecule is CC(C)(C)OC(=O)NC1CC(Oc2ccc(C(C)(C)c3ccc(Oc4cnc(Cl)nc4)cc3)cc2)C1. The van der Waals surface area contributed by atoms with Gasteiger partial charge in [-0.2, -0.15) is 0 Å². The number of halogens is 1. The first-order chi connectivity index (χ1) is 17.0. The largest absolute Gasteiger partial charge is 0.490 e. The minimum Gasteiger partial charge on any atom is -0.490 e. The Labute approximate surface area is 217 Å². The van der Waals surface area contributed by atoms with Crippen LogP contribution >= 0.6 is 11.6 Å². The van der Waals surface area contributed by atoms with Gasteiger partial charge in [0.05, 0.1) is 12.4 Å². The smallest absolute Gasteiger partial charge is 0.407 e. The normalized spacial score (nSPS) is 17.6. The molecule has 0 bridgehead atoms. The molecule has 0 saturated heterocycles. The van der Waals surface area contributed by atoms with Crippen molar-refractivity contribution < 1.29 is 19.0 Å². The van der Waals surface area contributed by atoms with Gasteiger partial charge in [0.1, 0.15) is 23.2 Å². The Morgan fingerprint density at radius 1 is 0.861 bits per heavy atom. The maximum absolute atomic E-state index is 11.9. The van der Waals surface area contributed by atoms with Crippen molar-refractivity contribution in [2.75, 3.05) is 0 Å². The summed E-state index contributed by atoms with van der Waals surface area (Å²) in [5.74, 6) is 2.05. The maximum atomic E-state index is 11.9. The molecule has 8 heteroatoms. The molecule has 190 valence electrons. The summed E-state index contributed by atoms with van der Waals surface area (Å²) in [4.78, 5) is 19.8. The first-order valence-electron chi connectivity index (χ1n) is 12.0. The molecule has 0 radical (unpaired) electrons. The molecule has 2 aromatic carbocycles. The highest BCUT2D eigenvalue weighted by Gasteiger charge is 2.33. The van der Waals surface area contributed by atoms with E-state index in [1.165, 1.54) is 18.0 Å². The number of nitrogens with zero attached hydrogens (tertiary/aromatic N) is 2. The van der Waals surface area contributed by atoms with Crippen molar-refractivity contribution in [3.63, 3.8) is 0 Å². The number of carbonyl (C=O) groups excluding carboxylic acids is 1. The summed E-state index contributed by atoms with van der Waals surface area (Å²) in [5.41, 5.74) is 1.62. The van der Waals surface area contributed by atoms with Crippen LogP contribution in [0.1, 0.15) is 58.6 Å². The predicted molar refractivity (Wildman–Crippen MR) is 139 cm³/mol. The quantitative estimate of drug-likeness (QED) is 0.357. The van der Waals surface area contributed by atoms with E-state index in [0.29, 0.717) is 11.5 Å². The summed E-state index contributed by atoms with van der Waals surface area (Å²) in [7, 11) is 0. The number of ether oxygens (including phenoxy) is 3. The fraction of sp³-hybridized carbons (Fsp3) is 0.393. The van der Waals surface area contributed by atoms with Gasteiger partial charge in [-0.15, -0.1) is 0 Å². The number of nitrogens with one attached hydrogen (secondary N) is 1. The van der Waals surface area contributed by atoms with Crippen LogP contribution in [0.4, 0.5) is 4.79 Å². The molecule has 1 fully saturated rings. The van der Waals surface area contributed by atoms with Crippen LogP contribution in [-0.2, 0) is 10.2 Å². The summed E-state index contributed by atoms with van der Waals surface area (Å²) >= 11 is 5.72. The van der Waals surface area contributed by atoms with Gasteiger partial charge in [0.15, 0.2) is 5.75 Å². The Kier molecular flexibility index (Phi) is 7.41. The standard InChI is InChI=1S/C28H32ClN3O4/c1-27(2,3)36-26(33)32-20-14-23(15-20)34-21-10-6-18(7-11-21)28(4,5)19-8-12-22(13-9-19)35-24-16-30-25(29)31-17-24/h6-13,16-17,20,23H,14-15H2,1-5H3,(H,32,33). The first-order valence-corrected chi connectivity index (χ1v) is 12.4. The van der Waals surface area contributed by atoms with Crippen LogP contribution in [0, 0.1) is 0 Å². The monoisotopic (exact) mass is 509 g/mol. The zero-order valence-electron chi connectivity index (χ0n) is 21.2. The van der Waals surface area contributed by atoms with Crippen molar-refractivity contribution in [2.24, 2.45) is 0 Å². The fourth-order valence-corrected chi connectivity index (χ4v) is 4.09. The highest BCUT2D eigenvalue weighted by molar-refractivity contribution is 6.28. The zero-order chi connectivity index (χ0) is 25.9. The van der Waals surface area contributed by atoms with E-state index < -0.39 is 5.60 Å². The lowest BCUT2D eigenvalue weighted by Gasteiger charge is -2.36. The van der Waals surface area contributed by atoms with E-state index in [4.69, 9.17) is 25.8 Å². The van der Waals surface area contributed by atoms with E-state index in [0.717, 1.165) is 24.2 Å². The van der Waals surface area contributed by atoms with Gasteiger partial charge in [0.2, 0.25) is 5.28 Å². The lowest BCUT2D eigenvalue weighted by atomic mass is 9.78. The number of aromatic nitrogens is 2. The van der Waals surface area contributed by atoms with Crippen LogP contribution in [-0.4, -0.2) is 33.8 Å². The van der Waals surface area contributed by atoms with Crippen LogP contribution in [0.25, 0.3) is 0 Å². The Bertz CT molecular complexity index is 1170. The molecule has 1 N–H and O–H groups in total. The van der Waals surface area contributed by atoms with Crippen LogP contribution in [0.15, 0.2) is 60.9 Å². The molecule has 1 aliphatic rings. The minimum atomic E-state index is -0.498. The highest BCUT2D eigenvalue weighted by Crippen LogP contribution is 2.35. The molecule has 36 heavy (non-hydrogen) atoms. The van der Waals surface area contributed by atoms with E-state index in [1.54, 1.807) is 0 Å². The van der Waals surface area contributed by atoms with Gasteiger partial charge in [-0.05, 0) is 67.8 Å². The Hall–Kier alpha value is -3.32. The molecule has 0 spiro atoms. The third-order valence-electron chi connectivity index (χ3n) is 6.10. The molecule has 1 heterocycles. The van der Waals surface area contributed by atoms with Crippen molar-refractivity contribution in [1.82, 2.24) is 15.3 Å². The second-order valence-electron chi connectivity index (χ2n) is 10.5. The Morgan fingerprint density at radius 2 is 1.39 bits per heavy atom. The molecule has 1 amide bonds. The molecule has 0 atom stereocenters. The van der Waals surface area contributed by atoms with Crippen LogP contribution in [0.3, 0.4) is 0 Å². The van der Waals surface area contributed by atoms with Crippen LogP contribution in [0.2, 0.25) is 5.28 Å². The van der Waals surface area contributed by atoms with E-state index in [-0.39, 0.29) is 28.9 Å².